The van der Waals surface area contributed by atoms with E-state index in [1.807, 2.05) is 0 Å². The van der Waals surface area contributed by atoms with E-state index in [0.717, 1.165) is 24.3 Å². The molecule has 0 unspecified atom stereocenters. The van der Waals surface area contributed by atoms with Gasteiger partial charge in [0.05, 0.1) is 11.6 Å². The summed E-state index contributed by atoms with van der Waals surface area (Å²) in [6.45, 7) is 1.35. The molecule has 1 heterocycles. The van der Waals surface area contributed by atoms with Crippen molar-refractivity contribution in [2.75, 3.05) is 0 Å². The molecule has 0 aliphatic heterocycles. The van der Waals surface area contributed by atoms with E-state index in [4.69, 9.17) is 0 Å². The molecular weight excluding hydrogens is 260 g/mol. The van der Waals surface area contributed by atoms with Crippen molar-refractivity contribution in [1.29, 1.82) is 0 Å². The lowest BCUT2D eigenvalue weighted by molar-refractivity contribution is -0.402. The minimum absolute atomic E-state index is 0.0551. The molecule has 1 aromatic heterocycles. The number of furan rings is 1. The fraction of sp³-hybridized carbons (Fsp3) is 0.0833. The van der Waals surface area contributed by atoms with Gasteiger partial charge in [-0.1, -0.05) is 0 Å². The topological polar surface area (TPSA) is 73.3 Å². The lowest BCUT2D eigenvalue weighted by Gasteiger charge is -2.02. The van der Waals surface area contributed by atoms with Crippen LogP contribution < -0.4 is 0 Å². The molecular formula is C12H7F2NO4. The second-order valence-electron chi connectivity index (χ2n) is 3.81. The Labute approximate surface area is 105 Å². The predicted molar refractivity (Wildman–Crippen MR) is 59.9 cm³/mol. The van der Waals surface area contributed by atoms with Crippen molar-refractivity contribution in [1.82, 2.24) is 0 Å². The van der Waals surface area contributed by atoms with Gasteiger partial charge >= 0.3 is 5.88 Å². The molecule has 1 aromatic carbocycles. The van der Waals surface area contributed by atoms with E-state index in [1.54, 1.807) is 0 Å². The maximum Gasteiger partial charge on any atom is 0.433 e. The summed E-state index contributed by atoms with van der Waals surface area (Å²) in [4.78, 5) is 21.4. The summed E-state index contributed by atoms with van der Waals surface area (Å²) in [5.41, 5.74) is -0.480. The SMILES string of the molecule is Cc1cc(F)c(C(=O)c2ccc([N+](=O)[O-])o2)cc1F. The van der Waals surface area contributed by atoms with Crippen LogP contribution in [-0.4, -0.2) is 10.7 Å². The average Bonchev–Trinajstić information content (AvgIpc) is 2.82. The number of hydrogen-bond donors (Lipinski definition) is 0. The lowest BCUT2D eigenvalue weighted by atomic mass is 10.1. The molecule has 0 N–H and O–H groups in total. The first kappa shape index (κ1) is 12.9. The number of benzene rings is 1. The van der Waals surface area contributed by atoms with E-state index in [-0.39, 0.29) is 5.56 Å². The number of carbonyl (C=O) groups is 1. The van der Waals surface area contributed by atoms with Crippen LogP contribution >= 0.6 is 0 Å². The highest BCUT2D eigenvalue weighted by molar-refractivity contribution is 6.07. The third kappa shape index (κ3) is 2.35. The summed E-state index contributed by atoms with van der Waals surface area (Å²) in [6, 6.07) is 3.62. The third-order valence-corrected chi connectivity index (χ3v) is 2.49. The van der Waals surface area contributed by atoms with E-state index in [2.05, 4.69) is 4.42 Å². The van der Waals surface area contributed by atoms with Gasteiger partial charge in [-0.25, -0.2) is 8.78 Å². The Kier molecular flexibility index (Phi) is 3.12. The van der Waals surface area contributed by atoms with E-state index in [0.29, 0.717) is 0 Å². The fourth-order valence-electron chi connectivity index (χ4n) is 1.50. The summed E-state index contributed by atoms with van der Waals surface area (Å²) in [6.07, 6.45) is 0. The van der Waals surface area contributed by atoms with Gasteiger partial charge < -0.3 is 4.42 Å². The predicted octanol–water partition coefficient (Wildman–Crippen LogP) is 3.01. The summed E-state index contributed by atoms with van der Waals surface area (Å²) in [5.74, 6) is -3.68. The van der Waals surface area contributed by atoms with Crippen molar-refractivity contribution >= 4 is 11.7 Å². The Balaban J connectivity index is 2.43. The van der Waals surface area contributed by atoms with Gasteiger partial charge in [-0.05, 0) is 30.7 Å². The van der Waals surface area contributed by atoms with Crippen LogP contribution in [0.15, 0.2) is 28.7 Å². The van der Waals surface area contributed by atoms with Crippen molar-refractivity contribution in [3.8, 4) is 0 Å². The minimum Gasteiger partial charge on any atom is -0.397 e. The summed E-state index contributed by atoms with van der Waals surface area (Å²) >= 11 is 0. The normalized spacial score (nSPS) is 10.5. The summed E-state index contributed by atoms with van der Waals surface area (Å²) in [7, 11) is 0. The van der Waals surface area contributed by atoms with Crippen LogP contribution in [0.5, 0.6) is 0 Å². The number of nitrogens with zero attached hydrogens (tertiary/aromatic N) is 1. The number of hydrogen-bond acceptors (Lipinski definition) is 4. The Morgan fingerprint density at radius 1 is 1.26 bits per heavy atom. The van der Waals surface area contributed by atoms with Gasteiger partial charge in [-0.3, -0.25) is 14.9 Å². The van der Waals surface area contributed by atoms with Crippen molar-refractivity contribution in [2.24, 2.45) is 0 Å². The van der Waals surface area contributed by atoms with E-state index in [1.165, 1.54) is 6.92 Å². The van der Waals surface area contributed by atoms with Crippen LogP contribution in [0.2, 0.25) is 0 Å². The van der Waals surface area contributed by atoms with E-state index < -0.39 is 39.5 Å². The first-order chi connectivity index (χ1) is 8.90. The van der Waals surface area contributed by atoms with E-state index in [9.17, 15) is 23.7 Å². The Hall–Kier alpha value is -2.57. The Bertz CT molecular complexity index is 678. The van der Waals surface area contributed by atoms with Crippen LogP contribution in [0.25, 0.3) is 0 Å². The molecule has 19 heavy (non-hydrogen) atoms. The molecule has 0 fully saturated rings. The van der Waals surface area contributed by atoms with Crippen molar-refractivity contribution in [3.63, 3.8) is 0 Å². The Morgan fingerprint density at radius 3 is 2.53 bits per heavy atom. The van der Waals surface area contributed by atoms with Gasteiger partial charge in [0.2, 0.25) is 5.78 Å². The van der Waals surface area contributed by atoms with Gasteiger partial charge in [0.25, 0.3) is 0 Å². The molecule has 0 aliphatic carbocycles. The molecule has 0 saturated heterocycles. The van der Waals surface area contributed by atoms with Crippen LogP contribution in [0.3, 0.4) is 0 Å². The number of carbonyl (C=O) groups excluding carboxylic acids is 1. The first-order valence-corrected chi connectivity index (χ1v) is 5.14. The molecule has 7 heteroatoms. The summed E-state index contributed by atoms with van der Waals surface area (Å²) in [5, 5.41) is 10.4. The smallest absolute Gasteiger partial charge is 0.397 e. The average molecular weight is 267 g/mol. The first-order valence-electron chi connectivity index (χ1n) is 5.14. The van der Waals surface area contributed by atoms with E-state index >= 15 is 0 Å². The lowest BCUT2D eigenvalue weighted by Crippen LogP contribution is -2.05. The van der Waals surface area contributed by atoms with Crippen molar-refractivity contribution in [3.05, 3.63) is 62.9 Å². The van der Waals surface area contributed by atoms with Gasteiger partial charge in [0, 0.05) is 0 Å². The van der Waals surface area contributed by atoms with Gasteiger partial charge in [-0.15, -0.1) is 0 Å². The van der Waals surface area contributed by atoms with Crippen LogP contribution in [-0.2, 0) is 0 Å². The molecule has 0 aliphatic rings. The molecule has 98 valence electrons. The third-order valence-electron chi connectivity index (χ3n) is 2.49. The second-order valence-corrected chi connectivity index (χ2v) is 3.81. The van der Waals surface area contributed by atoms with Gasteiger partial charge in [0.1, 0.15) is 16.6 Å². The molecule has 0 spiro atoms. The number of halogens is 2. The quantitative estimate of drug-likeness (QED) is 0.486. The molecule has 0 saturated carbocycles. The number of aryl methyl sites for hydroxylation is 1. The molecule has 2 rings (SSSR count). The highest BCUT2D eigenvalue weighted by atomic mass is 19.1. The monoisotopic (exact) mass is 267 g/mol. The Morgan fingerprint density at radius 2 is 1.95 bits per heavy atom. The number of rotatable bonds is 3. The van der Waals surface area contributed by atoms with Gasteiger partial charge in [-0.2, -0.15) is 0 Å². The highest BCUT2D eigenvalue weighted by Crippen LogP contribution is 2.21. The van der Waals surface area contributed by atoms with Crippen LogP contribution in [0.1, 0.15) is 21.7 Å². The highest BCUT2D eigenvalue weighted by Gasteiger charge is 2.22. The van der Waals surface area contributed by atoms with Crippen molar-refractivity contribution in [2.45, 2.75) is 6.92 Å². The molecule has 0 atom stereocenters. The summed E-state index contributed by atoms with van der Waals surface area (Å²) < 4.78 is 31.5. The standard InChI is InChI=1S/C12H7F2NO4/c1-6-4-9(14)7(5-8(6)13)12(16)10-2-3-11(19-10)15(17)18/h2-5H,1H3. The molecule has 2 aromatic rings. The maximum absolute atomic E-state index is 13.6. The molecule has 5 nitrogen and oxygen atoms in total. The number of ketones is 1. The molecule has 0 bridgehead atoms. The molecule has 0 radical (unpaired) electrons. The maximum atomic E-state index is 13.6. The zero-order chi connectivity index (χ0) is 14.2. The van der Waals surface area contributed by atoms with Crippen LogP contribution in [0.4, 0.5) is 14.7 Å². The van der Waals surface area contributed by atoms with Gasteiger partial charge in [0.15, 0.2) is 5.76 Å². The second kappa shape index (κ2) is 4.60. The zero-order valence-electron chi connectivity index (χ0n) is 9.65. The fourth-order valence-corrected chi connectivity index (χ4v) is 1.50. The largest absolute Gasteiger partial charge is 0.433 e. The van der Waals surface area contributed by atoms with Crippen LogP contribution in [0, 0.1) is 28.7 Å². The number of nitro groups is 1. The molecule has 0 amide bonds. The minimum atomic E-state index is -0.954. The van der Waals surface area contributed by atoms with Crippen molar-refractivity contribution < 1.29 is 22.9 Å². The zero-order valence-corrected chi connectivity index (χ0v) is 9.65.